The van der Waals surface area contributed by atoms with E-state index in [9.17, 15) is 34.5 Å². The molecule has 3 heterocycles. The van der Waals surface area contributed by atoms with Crippen LogP contribution in [0.25, 0.3) is 11.0 Å². The minimum Gasteiger partial charge on any atom is -0.492 e. The van der Waals surface area contributed by atoms with Gasteiger partial charge in [-0.3, -0.25) is 14.6 Å². The highest BCUT2D eigenvalue weighted by Gasteiger charge is 2.23. The Balaban J connectivity index is 1.32. The molecule has 0 spiro atoms. The molecule has 38 heavy (non-hydrogen) atoms. The number of fused-ring (bicyclic) bond motifs is 1. The van der Waals surface area contributed by atoms with Gasteiger partial charge in [-0.05, 0) is 42.5 Å². The quantitative estimate of drug-likeness (QED) is 0.151. The predicted octanol–water partition coefficient (Wildman–Crippen LogP) is 0.450. The normalized spacial score (nSPS) is 11.8. The maximum atomic E-state index is 12.6. The number of benzene rings is 1. The van der Waals surface area contributed by atoms with Crippen LogP contribution in [-0.2, 0) is 22.4 Å². The van der Waals surface area contributed by atoms with Crippen molar-refractivity contribution in [2.24, 2.45) is 0 Å². The third-order valence-corrected chi connectivity index (χ3v) is 5.77. The predicted molar refractivity (Wildman–Crippen MR) is 132 cm³/mol. The largest absolute Gasteiger partial charge is 0.492 e. The van der Waals surface area contributed by atoms with Crippen molar-refractivity contribution in [1.82, 2.24) is 25.0 Å². The summed E-state index contributed by atoms with van der Waals surface area (Å²) in [5.74, 6) is -3.93. The molecule has 0 fully saturated rings. The highest BCUT2D eigenvalue weighted by atomic mass is 16.7. The molecule has 0 saturated heterocycles. The number of carboxylic acid groups (broad SMARTS) is 1. The Bertz CT molecular complexity index is 1530. The fourth-order valence-corrected chi connectivity index (χ4v) is 3.82. The number of amides is 1. The van der Waals surface area contributed by atoms with Crippen molar-refractivity contribution < 1.29 is 34.5 Å². The van der Waals surface area contributed by atoms with Crippen molar-refractivity contribution in [3.63, 3.8) is 0 Å². The van der Waals surface area contributed by atoms with Gasteiger partial charge in [0.15, 0.2) is 0 Å². The van der Waals surface area contributed by atoms with Gasteiger partial charge in [-0.1, -0.05) is 12.1 Å². The summed E-state index contributed by atoms with van der Waals surface area (Å²) in [6.45, 7) is 0. The molecule has 3 aromatic heterocycles. The fraction of sp³-hybridized carbons (Fsp3) is 0.208. The molecule has 198 valence electrons. The highest BCUT2D eigenvalue weighted by molar-refractivity contribution is 5.96. The van der Waals surface area contributed by atoms with E-state index in [0.29, 0.717) is 28.6 Å². The number of rotatable bonds is 10. The summed E-state index contributed by atoms with van der Waals surface area (Å²) in [5, 5.41) is 31.3. The van der Waals surface area contributed by atoms with E-state index < -0.39 is 42.1 Å². The van der Waals surface area contributed by atoms with E-state index in [2.05, 4.69) is 20.3 Å². The molecule has 1 aromatic carbocycles. The van der Waals surface area contributed by atoms with Crippen molar-refractivity contribution in [2.75, 3.05) is 5.73 Å². The minimum absolute atomic E-state index is 0.0207. The van der Waals surface area contributed by atoms with Gasteiger partial charge < -0.3 is 36.2 Å². The summed E-state index contributed by atoms with van der Waals surface area (Å²) in [6.07, 6.45) is 2.08. The first-order valence-electron chi connectivity index (χ1n) is 11.4. The lowest BCUT2D eigenvalue weighted by Gasteiger charge is -2.14. The molecule has 0 aliphatic carbocycles. The average molecular weight is 524 g/mol. The van der Waals surface area contributed by atoms with Gasteiger partial charge in [0.1, 0.15) is 11.7 Å². The molecule has 0 saturated carbocycles. The Hall–Kier alpha value is -5.27. The van der Waals surface area contributed by atoms with Crippen LogP contribution in [0.5, 0.6) is 11.8 Å². The van der Waals surface area contributed by atoms with Gasteiger partial charge in [0.05, 0.1) is 11.8 Å². The molecule has 0 radical (unpaired) electrons. The van der Waals surface area contributed by atoms with Gasteiger partial charge in [-0.25, -0.2) is 9.59 Å². The molecule has 4 aromatic rings. The third kappa shape index (κ3) is 5.75. The molecule has 4 rings (SSSR count). The molecule has 14 heteroatoms. The van der Waals surface area contributed by atoms with Crippen molar-refractivity contribution in [2.45, 2.75) is 31.7 Å². The van der Waals surface area contributed by atoms with E-state index in [1.165, 1.54) is 0 Å². The number of nitrogens with two attached hydrogens (primary N) is 1. The van der Waals surface area contributed by atoms with E-state index in [1.54, 1.807) is 30.5 Å². The lowest BCUT2D eigenvalue weighted by molar-refractivity contribution is -0.146. The minimum atomic E-state index is -1.39. The van der Waals surface area contributed by atoms with E-state index in [1.807, 2.05) is 0 Å². The summed E-state index contributed by atoms with van der Waals surface area (Å²) in [4.78, 5) is 62.6. The topological polar surface area (TPSA) is 226 Å². The van der Waals surface area contributed by atoms with E-state index in [0.717, 1.165) is 23.3 Å². The number of carbonyl (C=O) groups is 3. The van der Waals surface area contributed by atoms with Gasteiger partial charge >= 0.3 is 11.9 Å². The van der Waals surface area contributed by atoms with Crippen molar-refractivity contribution in [1.29, 1.82) is 0 Å². The molecule has 0 unspecified atom stereocenters. The molecule has 1 atom stereocenters. The molecule has 0 aliphatic rings. The van der Waals surface area contributed by atoms with Crippen LogP contribution in [0.2, 0.25) is 0 Å². The van der Waals surface area contributed by atoms with Gasteiger partial charge in [0.25, 0.3) is 11.5 Å². The maximum absolute atomic E-state index is 12.6. The maximum Gasteiger partial charge on any atom is 0.333 e. The zero-order chi connectivity index (χ0) is 27.4. The summed E-state index contributed by atoms with van der Waals surface area (Å²) in [5.41, 5.74) is 7.48. The monoisotopic (exact) mass is 524 g/mol. The summed E-state index contributed by atoms with van der Waals surface area (Å²) in [6, 6.07) is 7.33. The van der Waals surface area contributed by atoms with E-state index in [4.69, 9.17) is 10.6 Å². The number of aliphatic carboxylic acids is 1. The highest BCUT2D eigenvalue weighted by Crippen LogP contribution is 2.19. The zero-order valence-corrected chi connectivity index (χ0v) is 19.8. The number of anilines is 1. The number of nitrogen functional groups attached to an aromatic ring is 1. The van der Waals surface area contributed by atoms with Gasteiger partial charge in [0, 0.05) is 23.9 Å². The van der Waals surface area contributed by atoms with Crippen molar-refractivity contribution in [3.05, 3.63) is 69.6 Å². The van der Waals surface area contributed by atoms with Crippen LogP contribution in [0.3, 0.4) is 0 Å². The first-order chi connectivity index (χ1) is 18.1. The lowest BCUT2D eigenvalue weighted by Crippen LogP contribution is -2.41. The van der Waals surface area contributed by atoms with Gasteiger partial charge in [-0.15, -0.1) is 4.73 Å². The Morgan fingerprint density at radius 2 is 1.76 bits per heavy atom. The molecule has 0 aliphatic heterocycles. The second-order valence-electron chi connectivity index (χ2n) is 8.40. The van der Waals surface area contributed by atoms with E-state index >= 15 is 0 Å². The van der Waals surface area contributed by atoms with Crippen LogP contribution in [-0.4, -0.2) is 58.9 Å². The zero-order valence-electron chi connectivity index (χ0n) is 19.8. The lowest BCUT2D eigenvalue weighted by atomic mass is 10.0. The number of aromatic hydroxyl groups is 2. The second-order valence-corrected chi connectivity index (χ2v) is 8.40. The summed E-state index contributed by atoms with van der Waals surface area (Å²) in [7, 11) is 0. The fourth-order valence-electron chi connectivity index (χ4n) is 3.82. The van der Waals surface area contributed by atoms with Gasteiger partial charge in [-0.2, -0.15) is 4.98 Å². The number of carbonyl (C=O) groups excluding carboxylic acids is 2. The standard InChI is InChI=1S/C24H24N6O8/c25-24-28-20-19(22(35)29-24)14(11-26-20)6-3-12-1-4-13(5-2-12)21(34)27-15(23(36)37)7-10-18(33)38-30-16(31)8-9-17(30)32/h1-2,4-5,8-9,11,15,31-32H,3,6-7,10H2,(H,27,34)(H,36,37)(H4,25,26,28,29,35)/t15-/m0/s1. The number of aromatic amines is 2. The SMILES string of the molecule is Nc1nc2[nH]cc(CCc3ccc(C(=O)N[C@@H](CCC(=O)On4c(O)ccc4O)C(=O)O)cc3)c2c(=O)[nH]1. The first kappa shape index (κ1) is 25.8. The Morgan fingerprint density at radius 3 is 2.42 bits per heavy atom. The van der Waals surface area contributed by atoms with Crippen LogP contribution < -0.4 is 21.4 Å². The average Bonchev–Trinajstić information content (AvgIpc) is 3.43. The molecule has 8 N–H and O–H groups in total. The third-order valence-electron chi connectivity index (χ3n) is 5.77. The van der Waals surface area contributed by atoms with Crippen LogP contribution in [0.15, 0.2) is 47.4 Å². The Kier molecular flexibility index (Phi) is 7.32. The number of carboxylic acids is 1. The first-order valence-corrected chi connectivity index (χ1v) is 11.4. The number of nitrogens with one attached hydrogen (secondary N) is 3. The van der Waals surface area contributed by atoms with Crippen molar-refractivity contribution in [3.8, 4) is 11.8 Å². The van der Waals surface area contributed by atoms with Gasteiger partial charge in [0.2, 0.25) is 17.7 Å². The number of nitrogens with zero attached hydrogens (tertiary/aromatic N) is 2. The Morgan fingerprint density at radius 1 is 1.08 bits per heavy atom. The number of hydrogen-bond donors (Lipinski definition) is 7. The summed E-state index contributed by atoms with van der Waals surface area (Å²) >= 11 is 0. The molecular formula is C24H24N6O8. The Labute approximate surface area is 213 Å². The molecule has 0 bridgehead atoms. The molecular weight excluding hydrogens is 500 g/mol. The number of aromatic nitrogens is 4. The van der Waals surface area contributed by atoms with E-state index in [-0.39, 0.29) is 23.5 Å². The van der Waals surface area contributed by atoms with Crippen molar-refractivity contribution >= 4 is 34.8 Å². The number of aryl methyl sites for hydroxylation is 2. The van der Waals surface area contributed by atoms with Crippen LogP contribution in [0.1, 0.15) is 34.3 Å². The molecule has 14 nitrogen and oxygen atoms in total. The van der Waals surface area contributed by atoms with Crippen LogP contribution in [0, 0.1) is 0 Å². The van der Waals surface area contributed by atoms with Crippen LogP contribution >= 0.6 is 0 Å². The second kappa shape index (κ2) is 10.8. The number of hydrogen-bond acceptors (Lipinski definition) is 9. The summed E-state index contributed by atoms with van der Waals surface area (Å²) < 4.78 is 0.488. The number of H-pyrrole nitrogens is 2. The molecule has 1 amide bonds. The smallest absolute Gasteiger partial charge is 0.333 e. The van der Waals surface area contributed by atoms with Crippen LogP contribution in [0.4, 0.5) is 5.95 Å².